The predicted octanol–water partition coefficient (Wildman–Crippen LogP) is 2.48. The molecule has 5 nitrogen and oxygen atoms in total. The largest absolute Gasteiger partial charge is 0.479 e. The number of rotatable bonds is 3. The molecule has 3 atom stereocenters. The number of aliphatic carboxylic acids is 1. The highest BCUT2D eigenvalue weighted by molar-refractivity contribution is 5.73. The Bertz CT molecular complexity index is 470. The third kappa shape index (κ3) is 7.59. The number of carboxylic acid groups (broad SMARTS) is 1. The molecule has 1 aliphatic rings. The second kappa shape index (κ2) is 9.01. The molecule has 1 aromatic carbocycles. The minimum absolute atomic E-state index is 0.127. The van der Waals surface area contributed by atoms with Crippen LogP contribution in [-0.4, -0.2) is 39.0 Å². The van der Waals surface area contributed by atoms with Crippen molar-refractivity contribution in [1.29, 1.82) is 0 Å². The second-order valence-corrected chi connectivity index (χ2v) is 7.00. The van der Waals surface area contributed by atoms with Crippen molar-refractivity contribution in [3.8, 4) is 0 Å². The summed E-state index contributed by atoms with van der Waals surface area (Å²) >= 11 is 0. The number of aliphatic hydroxyl groups is 2. The Hall–Kier alpha value is -1.43. The maximum absolute atomic E-state index is 10.2. The van der Waals surface area contributed by atoms with Crippen LogP contribution in [0.5, 0.6) is 0 Å². The quantitative estimate of drug-likeness (QED) is 0.686. The van der Waals surface area contributed by atoms with Crippen LogP contribution in [-0.2, 0) is 4.79 Å². The molecule has 0 radical (unpaired) electrons. The van der Waals surface area contributed by atoms with Gasteiger partial charge in [0.05, 0.1) is 6.10 Å². The standard InChI is InChI=1S/C10H21NO.C8H8O3/c1-10(2,3)11-8-6-4-5-7-9(8)12;9-7(8(10)11)6-4-2-1-3-5-6/h8-9,11-12H,4-7H2,1-3H3;1-5,7,9H,(H,10,11)/t;7-/m.1/s1. The number of carboxylic acids is 1. The van der Waals surface area contributed by atoms with Crippen LogP contribution in [0.2, 0.25) is 0 Å². The van der Waals surface area contributed by atoms with Gasteiger partial charge in [-0.25, -0.2) is 4.79 Å². The first-order valence-corrected chi connectivity index (χ1v) is 8.12. The maximum atomic E-state index is 10.2. The number of hydrogen-bond donors (Lipinski definition) is 4. The molecular weight excluding hydrogens is 294 g/mol. The highest BCUT2D eigenvalue weighted by atomic mass is 16.4. The molecule has 23 heavy (non-hydrogen) atoms. The van der Waals surface area contributed by atoms with Crippen LogP contribution in [0.15, 0.2) is 30.3 Å². The topological polar surface area (TPSA) is 89.8 Å². The van der Waals surface area contributed by atoms with Crippen molar-refractivity contribution < 1.29 is 20.1 Å². The van der Waals surface area contributed by atoms with Crippen molar-refractivity contribution in [3.05, 3.63) is 35.9 Å². The summed E-state index contributed by atoms with van der Waals surface area (Å²) in [5.41, 5.74) is 0.531. The van der Waals surface area contributed by atoms with Gasteiger partial charge < -0.3 is 20.6 Å². The Morgan fingerprint density at radius 2 is 1.74 bits per heavy atom. The average molecular weight is 323 g/mol. The maximum Gasteiger partial charge on any atom is 0.337 e. The van der Waals surface area contributed by atoms with Gasteiger partial charge in [0.15, 0.2) is 6.10 Å². The lowest BCUT2D eigenvalue weighted by atomic mass is 9.91. The molecule has 0 aliphatic heterocycles. The van der Waals surface area contributed by atoms with Gasteiger partial charge in [0, 0.05) is 11.6 Å². The molecule has 0 spiro atoms. The Morgan fingerprint density at radius 3 is 2.22 bits per heavy atom. The highest BCUT2D eigenvalue weighted by Crippen LogP contribution is 2.20. The first-order chi connectivity index (χ1) is 10.7. The summed E-state index contributed by atoms with van der Waals surface area (Å²) in [6.45, 7) is 6.44. The lowest BCUT2D eigenvalue weighted by Gasteiger charge is -2.34. The van der Waals surface area contributed by atoms with Crippen LogP contribution < -0.4 is 5.32 Å². The summed E-state index contributed by atoms with van der Waals surface area (Å²) in [6.07, 6.45) is 3.00. The van der Waals surface area contributed by atoms with Crippen LogP contribution in [0.25, 0.3) is 0 Å². The van der Waals surface area contributed by atoms with E-state index in [1.54, 1.807) is 30.3 Å². The summed E-state index contributed by atoms with van der Waals surface area (Å²) in [4.78, 5) is 10.2. The molecule has 0 heterocycles. The molecule has 0 saturated heterocycles. The van der Waals surface area contributed by atoms with Crippen LogP contribution >= 0.6 is 0 Å². The smallest absolute Gasteiger partial charge is 0.337 e. The van der Waals surface area contributed by atoms with Gasteiger partial charge in [0.25, 0.3) is 0 Å². The van der Waals surface area contributed by atoms with Gasteiger partial charge in [-0.15, -0.1) is 0 Å². The van der Waals surface area contributed by atoms with Crippen LogP contribution in [0, 0.1) is 0 Å². The molecule has 1 fully saturated rings. The first-order valence-electron chi connectivity index (χ1n) is 8.12. The predicted molar refractivity (Wildman–Crippen MR) is 90.2 cm³/mol. The number of carbonyl (C=O) groups is 1. The lowest BCUT2D eigenvalue weighted by Crippen LogP contribution is -2.50. The van der Waals surface area contributed by atoms with E-state index in [0.29, 0.717) is 11.6 Å². The fourth-order valence-corrected chi connectivity index (χ4v) is 2.61. The molecule has 1 aliphatic carbocycles. The Morgan fingerprint density at radius 1 is 1.17 bits per heavy atom. The molecule has 1 saturated carbocycles. The summed E-state index contributed by atoms with van der Waals surface area (Å²) in [5, 5.41) is 30.5. The van der Waals surface area contributed by atoms with E-state index in [9.17, 15) is 9.90 Å². The van der Waals surface area contributed by atoms with Crippen LogP contribution in [0.4, 0.5) is 0 Å². The minimum Gasteiger partial charge on any atom is -0.479 e. The van der Waals surface area contributed by atoms with E-state index in [1.165, 1.54) is 12.8 Å². The molecule has 130 valence electrons. The highest BCUT2D eigenvalue weighted by Gasteiger charge is 2.26. The molecule has 2 unspecified atom stereocenters. The molecule has 1 aromatic rings. The van der Waals surface area contributed by atoms with Gasteiger partial charge in [-0.2, -0.15) is 0 Å². The third-order valence-corrected chi connectivity index (χ3v) is 3.70. The van der Waals surface area contributed by atoms with E-state index in [4.69, 9.17) is 10.2 Å². The summed E-state index contributed by atoms with van der Waals surface area (Å²) < 4.78 is 0. The normalized spacial score (nSPS) is 22.7. The van der Waals surface area contributed by atoms with Gasteiger partial charge in [-0.3, -0.25) is 0 Å². The molecule has 4 N–H and O–H groups in total. The van der Waals surface area contributed by atoms with E-state index < -0.39 is 12.1 Å². The first kappa shape index (κ1) is 19.6. The van der Waals surface area contributed by atoms with Crippen molar-refractivity contribution in [1.82, 2.24) is 5.32 Å². The molecule has 0 aromatic heterocycles. The lowest BCUT2D eigenvalue weighted by molar-refractivity contribution is -0.146. The van der Waals surface area contributed by atoms with Crippen molar-refractivity contribution in [3.63, 3.8) is 0 Å². The van der Waals surface area contributed by atoms with Crippen LogP contribution in [0.3, 0.4) is 0 Å². The van der Waals surface area contributed by atoms with E-state index in [1.807, 2.05) is 0 Å². The summed E-state index contributed by atoms with van der Waals surface area (Å²) in [5.74, 6) is -1.23. The molecule has 0 amide bonds. The fraction of sp³-hybridized carbons (Fsp3) is 0.611. The zero-order chi connectivity index (χ0) is 17.5. The average Bonchev–Trinajstić information content (AvgIpc) is 2.49. The SMILES string of the molecule is CC(C)(C)NC1CCCCC1O.O=C(O)[C@H](O)c1ccccc1. The third-order valence-electron chi connectivity index (χ3n) is 3.70. The zero-order valence-electron chi connectivity index (χ0n) is 14.2. The van der Waals surface area contributed by atoms with Gasteiger partial charge in [-0.1, -0.05) is 43.2 Å². The Balaban J connectivity index is 0.000000231. The van der Waals surface area contributed by atoms with Gasteiger partial charge in [0.2, 0.25) is 0 Å². The van der Waals surface area contributed by atoms with Gasteiger partial charge in [0.1, 0.15) is 0 Å². The summed E-state index contributed by atoms with van der Waals surface area (Å²) in [6, 6.07) is 8.58. The minimum atomic E-state index is -1.41. The van der Waals surface area contributed by atoms with E-state index in [0.717, 1.165) is 12.8 Å². The van der Waals surface area contributed by atoms with Crippen molar-refractivity contribution in [2.45, 2.75) is 70.2 Å². The van der Waals surface area contributed by atoms with E-state index >= 15 is 0 Å². The van der Waals surface area contributed by atoms with Gasteiger partial charge >= 0.3 is 5.97 Å². The number of nitrogens with one attached hydrogen (secondary N) is 1. The number of hydrogen-bond acceptors (Lipinski definition) is 4. The number of aliphatic hydroxyl groups excluding tert-OH is 2. The van der Waals surface area contributed by atoms with Crippen LogP contribution in [0.1, 0.15) is 58.1 Å². The Labute approximate surface area is 138 Å². The summed E-state index contributed by atoms with van der Waals surface area (Å²) in [7, 11) is 0. The number of benzene rings is 1. The van der Waals surface area contributed by atoms with Gasteiger partial charge in [-0.05, 0) is 39.2 Å². The van der Waals surface area contributed by atoms with Crippen molar-refractivity contribution in [2.24, 2.45) is 0 Å². The monoisotopic (exact) mass is 323 g/mol. The molecule has 5 heteroatoms. The molecule has 2 rings (SSSR count). The molecule has 0 bridgehead atoms. The van der Waals surface area contributed by atoms with Crippen molar-refractivity contribution in [2.75, 3.05) is 0 Å². The zero-order valence-corrected chi connectivity index (χ0v) is 14.2. The van der Waals surface area contributed by atoms with E-state index in [2.05, 4.69) is 26.1 Å². The molecular formula is C18H29NO4. The fourth-order valence-electron chi connectivity index (χ4n) is 2.61. The second-order valence-electron chi connectivity index (χ2n) is 7.00. The van der Waals surface area contributed by atoms with Crippen molar-refractivity contribution >= 4 is 5.97 Å². The Kier molecular flexibility index (Phi) is 7.68. The van der Waals surface area contributed by atoms with E-state index in [-0.39, 0.29) is 11.6 Å².